The van der Waals surface area contributed by atoms with E-state index < -0.39 is 12.8 Å². The smallest absolute Gasteiger partial charge is 0.422 e. The third-order valence-electron chi connectivity index (χ3n) is 4.10. The van der Waals surface area contributed by atoms with Crippen LogP contribution in [0.3, 0.4) is 0 Å². The van der Waals surface area contributed by atoms with E-state index in [-0.39, 0.29) is 36.4 Å². The molecule has 1 rings (SSSR count). The summed E-state index contributed by atoms with van der Waals surface area (Å²) in [7, 11) is 1.65. The maximum Gasteiger partial charge on any atom is 0.422 e. The van der Waals surface area contributed by atoms with Gasteiger partial charge in [-0.3, -0.25) is 9.89 Å². The zero-order valence-corrected chi connectivity index (χ0v) is 20.0. The molecule has 0 fully saturated rings. The Bertz CT molecular complexity index is 604. The largest absolute Gasteiger partial charge is 0.468 e. The Morgan fingerprint density at radius 3 is 2.41 bits per heavy atom. The van der Waals surface area contributed by atoms with Gasteiger partial charge in [0.15, 0.2) is 12.6 Å². The Labute approximate surface area is 188 Å². The van der Waals surface area contributed by atoms with Crippen molar-refractivity contribution in [1.82, 2.24) is 20.5 Å². The second-order valence-corrected chi connectivity index (χ2v) is 7.00. The topological polar surface area (TPSA) is 61.8 Å². The van der Waals surface area contributed by atoms with Crippen molar-refractivity contribution >= 4 is 29.9 Å². The summed E-state index contributed by atoms with van der Waals surface area (Å²) in [6.07, 6.45) is -2.05. The van der Waals surface area contributed by atoms with E-state index in [9.17, 15) is 13.2 Å². The Morgan fingerprint density at radius 2 is 1.86 bits per heavy atom. The third-order valence-corrected chi connectivity index (χ3v) is 4.10. The Kier molecular flexibility index (Phi) is 13.2. The zero-order valence-electron chi connectivity index (χ0n) is 17.7. The lowest BCUT2D eigenvalue weighted by atomic mass is 10.2. The molecule has 0 aliphatic carbocycles. The van der Waals surface area contributed by atoms with Crippen LogP contribution in [0.4, 0.5) is 13.2 Å². The number of aromatic nitrogens is 1. The van der Waals surface area contributed by atoms with Crippen molar-refractivity contribution in [2.45, 2.75) is 58.9 Å². The van der Waals surface area contributed by atoms with Crippen LogP contribution in [0.1, 0.15) is 39.7 Å². The van der Waals surface area contributed by atoms with E-state index in [2.05, 4.69) is 53.2 Å². The molecule has 0 aliphatic rings. The monoisotopic (exact) mass is 531 g/mol. The van der Waals surface area contributed by atoms with Gasteiger partial charge < -0.3 is 15.4 Å². The van der Waals surface area contributed by atoms with Crippen molar-refractivity contribution in [2.75, 3.05) is 26.7 Å². The van der Waals surface area contributed by atoms with Gasteiger partial charge in [0, 0.05) is 50.5 Å². The van der Waals surface area contributed by atoms with Crippen LogP contribution in [0.15, 0.2) is 23.3 Å². The minimum atomic E-state index is -4.40. The fourth-order valence-electron chi connectivity index (χ4n) is 2.82. The average molecular weight is 531 g/mol. The molecule has 0 amide bonds. The van der Waals surface area contributed by atoms with Crippen molar-refractivity contribution in [1.29, 1.82) is 0 Å². The van der Waals surface area contributed by atoms with Crippen LogP contribution in [0.5, 0.6) is 5.88 Å². The molecule has 0 aromatic carbocycles. The highest BCUT2D eigenvalue weighted by molar-refractivity contribution is 14.0. The summed E-state index contributed by atoms with van der Waals surface area (Å²) in [5, 5.41) is 6.30. The molecule has 0 atom stereocenters. The number of aliphatic imine (C=N–C) groups is 1. The van der Waals surface area contributed by atoms with E-state index in [0.717, 1.165) is 19.5 Å². The van der Waals surface area contributed by atoms with Crippen molar-refractivity contribution in [3.63, 3.8) is 0 Å². The molecule has 0 radical (unpaired) electrons. The number of guanidine groups is 1. The number of hydrogen-bond acceptors (Lipinski definition) is 4. The average Bonchev–Trinajstić information content (AvgIpc) is 2.61. The molecule has 10 heteroatoms. The lowest BCUT2D eigenvalue weighted by Crippen LogP contribution is -2.41. The van der Waals surface area contributed by atoms with Gasteiger partial charge in [-0.2, -0.15) is 13.2 Å². The van der Waals surface area contributed by atoms with Gasteiger partial charge in [-0.1, -0.05) is 6.07 Å². The summed E-state index contributed by atoms with van der Waals surface area (Å²) in [5.74, 6) is 0.540. The fraction of sp³-hybridized carbons (Fsp3) is 0.684. The summed E-state index contributed by atoms with van der Waals surface area (Å²) in [6, 6.07) is 4.29. The summed E-state index contributed by atoms with van der Waals surface area (Å²) in [4.78, 5) is 10.4. The Morgan fingerprint density at radius 1 is 1.21 bits per heavy atom. The molecule has 1 aromatic heterocycles. The van der Waals surface area contributed by atoms with Crippen molar-refractivity contribution < 1.29 is 17.9 Å². The van der Waals surface area contributed by atoms with Crippen LogP contribution in [0.2, 0.25) is 0 Å². The quantitative estimate of drug-likeness (QED) is 0.208. The van der Waals surface area contributed by atoms with Gasteiger partial charge in [0.1, 0.15) is 0 Å². The van der Waals surface area contributed by atoms with Crippen LogP contribution in [0, 0.1) is 0 Å². The van der Waals surface area contributed by atoms with E-state index in [0.29, 0.717) is 23.6 Å². The summed E-state index contributed by atoms with van der Waals surface area (Å²) in [5.41, 5.74) is 0.528. The number of alkyl halides is 3. The lowest BCUT2D eigenvalue weighted by molar-refractivity contribution is -0.154. The molecule has 6 nitrogen and oxygen atoms in total. The molecule has 168 valence electrons. The first kappa shape index (κ1) is 27.7. The van der Waals surface area contributed by atoms with Crippen LogP contribution >= 0.6 is 24.0 Å². The zero-order chi connectivity index (χ0) is 21.2. The van der Waals surface area contributed by atoms with Gasteiger partial charge in [-0.25, -0.2) is 4.98 Å². The minimum absolute atomic E-state index is 0. The van der Waals surface area contributed by atoms with Crippen molar-refractivity contribution in [3.05, 3.63) is 23.9 Å². The molecule has 1 heterocycles. The second kappa shape index (κ2) is 13.8. The van der Waals surface area contributed by atoms with E-state index >= 15 is 0 Å². The van der Waals surface area contributed by atoms with Crippen LogP contribution in [0.25, 0.3) is 0 Å². The molecule has 29 heavy (non-hydrogen) atoms. The molecule has 0 saturated heterocycles. The molecule has 0 aliphatic heterocycles. The van der Waals surface area contributed by atoms with Gasteiger partial charge >= 0.3 is 6.18 Å². The van der Waals surface area contributed by atoms with E-state index in [1.165, 1.54) is 6.20 Å². The predicted molar refractivity (Wildman–Crippen MR) is 121 cm³/mol. The molecule has 0 spiro atoms. The lowest BCUT2D eigenvalue weighted by Gasteiger charge is -2.30. The summed E-state index contributed by atoms with van der Waals surface area (Å²) >= 11 is 0. The molecular formula is C19H33F3IN5O. The van der Waals surface area contributed by atoms with Crippen LogP contribution < -0.4 is 15.4 Å². The summed E-state index contributed by atoms with van der Waals surface area (Å²) in [6.45, 7) is 9.31. The molecule has 0 unspecified atom stereocenters. The van der Waals surface area contributed by atoms with Gasteiger partial charge in [0.2, 0.25) is 5.88 Å². The first-order valence-corrected chi connectivity index (χ1v) is 9.47. The van der Waals surface area contributed by atoms with Gasteiger partial charge in [0.05, 0.1) is 0 Å². The maximum absolute atomic E-state index is 12.4. The SMILES string of the molecule is CN=C(NCCCN(C(C)C)C(C)C)NCc1cccnc1OCC(F)(F)F.I. The van der Waals surface area contributed by atoms with Crippen molar-refractivity contribution in [3.8, 4) is 5.88 Å². The molecule has 1 aromatic rings. The van der Waals surface area contributed by atoms with Gasteiger partial charge in [0.25, 0.3) is 0 Å². The molecular weight excluding hydrogens is 498 g/mol. The third kappa shape index (κ3) is 11.5. The number of ether oxygens (including phenoxy) is 1. The molecule has 2 N–H and O–H groups in total. The number of hydrogen-bond donors (Lipinski definition) is 2. The molecule has 0 bridgehead atoms. The van der Waals surface area contributed by atoms with Crippen LogP contribution in [-0.2, 0) is 6.54 Å². The van der Waals surface area contributed by atoms with E-state index in [1.807, 2.05) is 0 Å². The normalized spacial score (nSPS) is 12.3. The van der Waals surface area contributed by atoms with E-state index in [1.54, 1.807) is 19.2 Å². The first-order valence-electron chi connectivity index (χ1n) is 9.47. The molecule has 0 saturated carbocycles. The first-order chi connectivity index (χ1) is 13.1. The van der Waals surface area contributed by atoms with E-state index in [4.69, 9.17) is 4.74 Å². The maximum atomic E-state index is 12.4. The van der Waals surface area contributed by atoms with Crippen LogP contribution in [-0.4, -0.2) is 60.8 Å². The van der Waals surface area contributed by atoms with Gasteiger partial charge in [-0.05, 0) is 40.2 Å². The Hall–Kier alpha value is -1.30. The number of pyridine rings is 1. The number of rotatable bonds is 10. The number of halogens is 4. The summed E-state index contributed by atoms with van der Waals surface area (Å²) < 4.78 is 41.9. The second-order valence-electron chi connectivity index (χ2n) is 7.00. The highest BCUT2D eigenvalue weighted by Crippen LogP contribution is 2.19. The number of nitrogens with zero attached hydrogens (tertiary/aromatic N) is 3. The predicted octanol–water partition coefficient (Wildman–Crippen LogP) is 3.81. The highest BCUT2D eigenvalue weighted by Gasteiger charge is 2.29. The minimum Gasteiger partial charge on any atom is -0.468 e. The standard InChI is InChI=1S/C19H32F3N5O.HI/c1-14(2)27(15(3)4)11-7-10-25-18(23-5)26-12-16-8-6-9-24-17(16)28-13-19(20,21)22;/h6,8-9,14-15H,7,10-13H2,1-5H3,(H2,23,25,26);1H. The van der Waals surface area contributed by atoms with Crippen molar-refractivity contribution in [2.24, 2.45) is 4.99 Å². The fourth-order valence-corrected chi connectivity index (χ4v) is 2.82. The number of nitrogens with one attached hydrogen (secondary N) is 2. The Balaban J connectivity index is 0.00000784. The van der Waals surface area contributed by atoms with Gasteiger partial charge in [-0.15, -0.1) is 24.0 Å². The highest BCUT2D eigenvalue weighted by atomic mass is 127.